The van der Waals surface area contributed by atoms with Gasteiger partial charge in [0.1, 0.15) is 5.82 Å². The molecule has 1 aromatic carbocycles. The van der Waals surface area contributed by atoms with Crippen molar-refractivity contribution in [1.29, 1.82) is 0 Å². The summed E-state index contributed by atoms with van der Waals surface area (Å²) in [5.74, 6) is 2.12. The molecule has 0 spiro atoms. The first-order chi connectivity index (χ1) is 11.0. The molecule has 23 heavy (non-hydrogen) atoms. The maximum Gasteiger partial charge on any atom is 0.225 e. The Morgan fingerprint density at radius 3 is 2.70 bits per heavy atom. The molecule has 1 atom stereocenters. The minimum absolute atomic E-state index is 0.357. The zero-order valence-electron chi connectivity index (χ0n) is 13.9. The van der Waals surface area contributed by atoms with Gasteiger partial charge in [-0.05, 0) is 56.9 Å². The van der Waals surface area contributed by atoms with E-state index in [-0.39, 0.29) is 0 Å². The van der Waals surface area contributed by atoms with Crippen molar-refractivity contribution in [3.63, 3.8) is 0 Å². The Morgan fingerprint density at radius 2 is 2.04 bits per heavy atom. The Balaban J connectivity index is 1.86. The molecule has 2 aromatic rings. The third kappa shape index (κ3) is 4.14. The van der Waals surface area contributed by atoms with Crippen LogP contribution >= 0.6 is 11.6 Å². The lowest BCUT2D eigenvalue weighted by Gasteiger charge is -2.14. The Kier molecular flexibility index (Phi) is 4.71. The van der Waals surface area contributed by atoms with Gasteiger partial charge >= 0.3 is 0 Å². The van der Waals surface area contributed by atoms with Crippen LogP contribution in [0, 0.1) is 6.92 Å². The van der Waals surface area contributed by atoms with E-state index in [9.17, 15) is 0 Å². The van der Waals surface area contributed by atoms with Crippen LogP contribution in [0.4, 0.5) is 17.5 Å². The number of rotatable bonds is 6. The van der Waals surface area contributed by atoms with E-state index in [0.717, 1.165) is 34.2 Å². The molecule has 3 rings (SSSR count). The molecule has 0 aliphatic heterocycles. The topological polar surface area (TPSA) is 49.8 Å². The van der Waals surface area contributed by atoms with E-state index < -0.39 is 0 Å². The minimum atomic E-state index is 0.357. The molecule has 1 aliphatic rings. The van der Waals surface area contributed by atoms with Gasteiger partial charge in [-0.25, -0.2) is 4.98 Å². The van der Waals surface area contributed by atoms with Crippen LogP contribution in [-0.2, 0) is 0 Å². The predicted molar refractivity (Wildman–Crippen MR) is 96.9 cm³/mol. The number of aryl methyl sites for hydroxylation is 1. The lowest BCUT2D eigenvalue weighted by molar-refractivity contribution is 0.750. The highest BCUT2D eigenvalue weighted by Gasteiger charge is 2.26. The summed E-state index contributed by atoms with van der Waals surface area (Å²) in [5, 5.41) is 7.53. The zero-order chi connectivity index (χ0) is 16.4. The smallest absolute Gasteiger partial charge is 0.225 e. The first-order valence-electron chi connectivity index (χ1n) is 8.24. The highest BCUT2D eigenvalue weighted by atomic mass is 35.5. The molecule has 1 aromatic heterocycles. The van der Waals surface area contributed by atoms with E-state index in [2.05, 4.69) is 40.5 Å². The number of nitrogens with one attached hydrogen (secondary N) is 2. The van der Waals surface area contributed by atoms with Gasteiger partial charge in [0.25, 0.3) is 0 Å². The highest BCUT2D eigenvalue weighted by molar-refractivity contribution is 6.31. The fourth-order valence-corrected chi connectivity index (χ4v) is 2.49. The Labute approximate surface area is 142 Å². The van der Waals surface area contributed by atoms with Gasteiger partial charge in [-0.1, -0.05) is 18.5 Å². The van der Waals surface area contributed by atoms with Gasteiger partial charge in [0.05, 0.1) is 5.69 Å². The molecule has 0 bridgehead atoms. The van der Waals surface area contributed by atoms with Crippen LogP contribution in [0.15, 0.2) is 24.3 Å². The fraction of sp³-hybridized carbons (Fsp3) is 0.444. The minimum Gasteiger partial charge on any atom is -0.352 e. The van der Waals surface area contributed by atoms with Crippen molar-refractivity contribution in [2.45, 2.75) is 52.0 Å². The van der Waals surface area contributed by atoms with Crippen LogP contribution in [0.2, 0.25) is 5.02 Å². The standard InChI is InChI=1S/C18H23ClN4/c1-4-12(3)20-18-22-16(13-5-6-13)10-17(23-18)21-14-7-8-15(19)11(2)9-14/h7-10,12-13H,4-6H2,1-3H3,(H2,20,21,22,23)/t12-/m0/s1. The average molecular weight is 331 g/mol. The summed E-state index contributed by atoms with van der Waals surface area (Å²) in [5.41, 5.74) is 3.16. The molecule has 1 fully saturated rings. The molecule has 1 heterocycles. The van der Waals surface area contributed by atoms with Crippen molar-refractivity contribution in [3.8, 4) is 0 Å². The Hall–Kier alpha value is -1.81. The SMILES string of the molecule is CC[C@H](C)Nc1nc(Nc2ccc(Cl)c(C)c2)cc(C2CC2)n1. The van der Waals surface area contributed by atoms with Crippen molar-refractivity contribution < 1.29 is 0 Å². The van der Waals surface area contributed by atoms with E-state index >= 15 is 0 Å². The van der Waals surface area contributed by atoms with Crippen LogP contribution in [0.1, 0.15) is 50.3 Å². The molecule has 5 heteroatoms. The number of benzene rings is 1. The van der Waals surface area contributed by atoms with Gasteiger partial charge in [0.15, 0.2) is 0 Å². The number of hydrogen-bond acceptors (Lipinski definition) is 4. The predicted octanol–water partition coefficient (Wildman–Crippen LogP) is 5.27. The maximum absolute atomic E-state index is 6.09. The van der Waals surface area contributed by atoms with Crippen LogP contribution in [0.25, 0.3) is 0 Å². The molecule has 2 N–H and O–H groups in total. The second-order valence-corrected chi connectivity index (χ2v) is 6.73. The molecule has 0 amide bonds. The number of anilines is 3. The Bertz CT molecular complexity index is 697. The van der Waals surface area contributed by atoms with Gasteiger partial charge < -0.3 is 10.6 Å². The van der Waals surface area contributed by atoms with Crippen LogP contribution in [0.5, 0.6) is 0 Å². The van der Waals surface area contributed by atoms with E-state index in [1.165, 1.54) is 12.8 Å². The van der Waals surface area contributed by atoms with E-state index in [1.807, 2.05) is 25.1 Å². The van der Waals surface area contributed by atoms with E-state index in [1.54, 1.807) is 0 Å². The molecule has 1 aliphatic carbocycles. The number of hydrogen-bond donors (Lipinski definition) is 2. The first kappa shape index (κ1) is 16.1. The third-order valence-electron chi connectivity index (χ3n) is 4.16. The molecule has 1 saturated carbocycles. The lowest BCUT2D eigenvalue weighted by atomic mass is 10.2. The summed E-state index contributed by atoms with van der Waals surface area (Å²) in [6.45, 7) is 6.29. The molecule has 4 nitrogen and oxygen atoms in total. The monoisotopic (exact) mass is 330 g/mol. The third-order valence-corrected chi connectivity index (χ3v) is 4.58. The zero-order valence-corrected chi connectivity index (χ0v) is 14.6. The molecule has 122 valence electrons. The number of halogens is 1. The van der Waals surface area contributed by atoms with Gasteiger partial charge in [-0.3, -0.25) is 0 Å². The molecule has 0 radical (unpaired) electrons. The molecule has 0 unspecified atom stereocenters. The summed E-state index contributed by atoms with van der Waals surface area (Å²) < 4.78 is 0. The van der Waals surface area contributed by atoms with Crippen molar-refractivity contribution >= 4 is 29.1 Å². The maximum atomic E-state index is 6.09. The van der Waals surface area contributed by atoms with Crippen molar-refractivity contribution in [2.24, 2.45) is 0 Å². The second kappa shape index (κ2) is 6.75. The van der Waals surface area contributed by atoms with E-state index in [4.69, 9.17) is 11.6 Å². The molecular formula is C18H23ClN4. The van der Waals surface area contributed by atoms with Crippen molar-refractivity contribution in [1.82, 2.24) is 9.97 Å². The number of nitrogens with zero attached hydrogens (tertiary/aromatic N) is 2. The highest BCUT2D eigenvalue weighted by Crippen LogP contribution is 2.40. The molecular weight excluding hydrogens is 308 g/mol. The Morgan fingerprint density at radius 1 is 1.26 bits per heavy atom. The quantitative estimate of drug-likeness (QED) is 0.757. The summed E-state index contributed by atoms with van der Waals surface area (Å²) >= 11 is 6.09. The first-order valence-corrected chi connectivity index (χ1v) is 8.61. The summed E-state index contributed by atoms with van der Waals surface area (Å²) in [4.78, 5) is 9.29. The molecule has 0 saturated heterocycles. The second-order valence-electron chi connectivity index (χ2n) is 6.32. The van der Waals surface area contributed by atoms with Crippen LogP contribution in [-0.4, -0.2) is 16.0 Å². The van der Waals surface area contributed by atoms with Crippen LogP contribution in [0.3, 0.4) is 0 Å². The summed E-state index contributed by atoms with van der Waals surface area (Å²) in [6, 6.07) is 8.32. The summed E-state index contributed by atoms with van der Waals surface area (Å²) in [7, 11) is 0. The van der Waals surface area contributed by atoms with Crippen molar-refractivity contribution in [2.75, 3.05) is 10.6 Å². The lowest BCUT2D eigenvalue weighted by Crippen LogP contribution is -2.16. The van der Waals surface area contributed by atoms with Gasteiger partial charge in [-0.2, -0.15) is 4.98 Å². The largest absolute Gasteiger partial charge is 0.352 e. The van der Waals surface area contributed by atoms with Gasteiger partial charge in [0.2, 0.25) is 5.95 Å². The summed E-state index contributed by atoms with van der Waals surface area (Å²) in [6.07, 6.45) is 3.48. The van der Waals surface area contributed by atoms with Gasteiger partial charge in [-0.15, -0.1) is 0 Å². The number of aromatic nitrogens is 2. The average Bonchev–Trinajstić information content (AvgIpc) is 3.35. The van der Waals surface area contributed by atoms with Crippen LogP contribution < -0.4 is 10.6 Å². The fourth-order valence-electron chi connectivity index (χ4n) is 2.38. The normalized spacial score (nSPS) is 15.3. The van der Waals surface area contributed by atoms with Gasteiger partial charge in [0, 0.05) is 28.7 Å². The van der Waals surface area contributed by atoms with E-state index in [0.29, 0.717) is 17.9 Å². The van der Waals surface area contributed by atoms with Crippen molar-refractivity contribution in [3.05, 3.63) is 40.5 Å².